The Morgan fingerprint density at radius 3 is 2.60 bits per heavy atom. The predicted molar refractivity (Wildman–Crippen MR) is 62.1 cm³/mol. The van der Waals surface area contributed by atoms with Crippen LogP contribution in [0.1, 0.15) is 12.5 Å². The minimum absolute atomic E-state index is 0.944. The van der Waals surface area contributed by atoms with Crippen molar-refractivity contribution in [3.63, 3.8) is 0 Å². The second-order valence-electron chi connectivity index (χ2n) is 3.75. The summed E-state index contributed by atoms with van der Waals surface area (Å²) in [5, 5.41) is 4.18. The number of benzene rings is 1. The van der Waals surface area contributed by atoms with E-state index in [-0.39, 0.29) is 0 Å². The molecule has 0 aliphatic rings. The average molecular weight is 198 g/mol. The lowest BCUT2D eigenvalue weighted by Crippen LogP contribution is -1.94. The monoisotopic (exact) mass is 198 g/mol. The molecule has 0 spiro atoms. The second kappa shape index (κ2) is 4.13. The molecule has 2 aromatic rings. The number of allylic oxidation sites excluding steroid dienone is 1. The summed E-state index contributed by atoms with van der Waals surface area (Å²) in [5.74, 6) is 0. The van der Waals surface area contributed by atoms with Crippen molar-refractivity contribution in [1.82, 2.24) is 9.78 Å². The Labute approximate surface area is 89.9 Å². The van der Waals surface area contributed by atoms with Crippen LogP contribution in [0.2, 0.25) is 0 Å². The lowest BCUT2D eigenvalue weighted by molar-refractivity contribution is 0.879. The molecule has 0 amide bonds. The largest absolute Gasteiger partial charge is 0.241 e. The van der Waals surface area contributed by atoms with Gasteiger partial charge < -0.3 is 0 Å². The zero-order valence-corrected chi connectivity index (χ0v) is 8.85. The Morgan fingerprint density at radius 1 is 1.33 bits per heavy atom. The lowest BCUT2D eigenvalue weighted by atomic mass is 10.1. The van der Waals surface area contributed by atoms with Crippen molar-refractivity contribution >= 4 is 0 Å². The predicted octanol–water partition coefficient (Wildman–Crippen LogP) is 2.99. The van der Waals surface area contributed by atoms with Crippen LogP contribution >= 0.6 is 0 Å². The van der Waals surface area contributed by atoms with Gasteiger partial charge in [0.25, 0.3) is 0 Å². The summed E-state index contributed by atoms with van der Waals surface area (Å²) in [6.07, 6.45) is 4.66. The summed E-state index contributed by atoms with van der Waals surface area (Å²) in [6, 6.07) is 10.3. The third kappa shape index (κ3) is 2.34. The quantitative estimate of drug-likeness (QED) is 0.693. The number of nitrogens with zero attached hydrogens (tertiary/aromatic N) is 2. The van der Waals surface area contributed by atoms with Crippen molar-refractivity contribution in [3.05, 3.63) is 60.4 Å². The number of aromatic nitrogens is 2. The van der Waals surface area contributed by atoms with Crippen molar-refractivity contribution in [2.24, 2.45) is 0 Å². The third-order valence-electron chi connectivity index (χ3n) is 2.21. The number of hydrogen-bond donors (Lipinski definition) is 0. The molecule has 0 fully saturated rings. The first-order valence-electron chi connectivity index (χ1n) is 4.99. The molecule has 2 rings (SSSR count). The standard InChI is InChI=1S/C13H14N2/c1-11(2)10-12-4-6-13(7-5-12)15-9-3-8-14-15/h3-9H,1,10H2,2H3. The molecule has 0 aliphatic heterocycles. The van der Waals surface area contributed by atoms with E-state index in [1.807, 2.05) is 23.9 Å². The molecular formula is C13H14N2. The maximum Gasteiger partial charge on any atom is 0.0645 e. The van der Waals surface area contributed by atoms with Gasteiger partial charge in [-0.1, -0.05) is 24.3 Å². The SMILES string of the molecule is C=C(C)Cc1ccc(-n2cccn2)cc1. The van der Waals surface area contributed by atoms with Crippen molar-refractivity contribution in [3.8, 4) is 5.69 Å². The summed E-state index contributed by atoms with van der Waals surface area (Å²) >= 11 is 0. The van der Waals surface area contributed by atoms with Gasteiger partial charge in [-0.2, -0.15) is 5.10 Å². The summed E-state index contributed by atoms with van der Waals surface area (Å²) in [5.41, 5.74) is 3.56. The highest BCUT2D eigenvalue weighted by Gasteiger charge is 1.96. The Balaban J connectivity index is 2.21. The average Bonchev–Trinajstić information content (AvgIpc) is 2.71. The van der Waals surface area contributed by atoms with Gasteiger partial charge in [-0.15, -0.1) is 0 Å². The zero-order valence-electron chi connectivity index (χ0n) is 8.85. The van der Waals surface area contributed by atoms with Gasteiger partial charge in [-0.3, -0.25) is 0 Å². The number of rotatable bonds is 3. The van der Waals surface area contributed by atoms with Crippen LogP contribution in [-0.4, -0.2) is 9.78 Å². The summed E-state index contributed by atoms with van der Waals surface area (Å²) in [6.45, 7) is 5.95. The Kier molecular flexibility index (Phi) is 2.68. The zero-order chi connectivity index (χ0) is 10.7. The van der Waals surface area contributed by atoms with Crippen LogP contribution in [0.15, 0.2) is 54.9 Å². The van der Waals surface area contributed by atoms with Gasteiger partial charge in [0.05, 0.1) is 5.69 Å². The molecule has 2 heteroatoms. The van der Waals surface area contributed by atoms with Crippen molar-refractivity contribution in [2.75, 3.05) is 0 Å². The van der Waals surface area contributed by atoms with Gasteiger partial charge in [0, 0.05) is 12.4 Å². The summed E-state index contributed by atoms with van der Waals surface area (Å²) in [7, 11) is 0. The van der Waals surface area contributed by atoms with Crippen LogP contribution in [-0.2, 0) is 6.42 Å². The van der Waals surface area contributed by atoms with Crippen LogP contribution in [0.4, 0.5) is 0 Å². The molecule has 0 atom stereocenters. The van der Waals surface area contributed by atoms with E-state index in [0.29, 0.717) is 0 Å². The highest BCUT2D eigenvalue weighted by atomic mass is 15.3. The first-order valence-corrected chi connectivity index (χ1v) is 4.99. The fourth-order valence-corrected chi connectivity index (χ4v) is 1.54. The Hall–Kier alpha value is -1.83. The van der Waals surface area contributed by atoms with Gasteiger partial charge in [0.1, 0.15) is 0 Å². The molecule has 0 saturated carbocycles. The smallest absolute Gasteiger partial charge is 0.0645 e. The minimum atomic E-state index is 0.944. The molecule has 1 aromatic carbocycles. The van der Waals surface area contributed by atoms with E-state index in [1.165, 1.54) is 11.1 Å². The minimum Gasteiger partial charge on any atom is -0.241 e. The van der Waals surface area contributed by atoms with Crippen LogP contribution in [0.3, 0.4) is 0 Å². The number of hydrogen-bond acceptors (Lipinski definition) is 1. The van der Waals surface area contributed by atoms with Crippen molar-refractivity contribution < 1.29 is 0 Å². The molecule has 0 aliphatic carbocycles. The maximum absolute atomic E-state index is 4.18. The molecule has 0 bridgehead atoms. The van der Waals surface area contributed by atoms with Crippen molar-refractivity contribution in [1.29, 1.82) is 0 Å². The Morgan fingerprint density at radius 2 is 2.07 bits per heavy atom. The molecular weight excluding hydrogens is 184 g/mol. The lowest BCUT2D eigenvalue weighted by Gasteiger charge is -2.03. The molecule has 0 radical (unpaired) electrons. The van der Waals surface area contributed by atoms with Crippen LogP contribution in [0.5, 0.6) is 0 Å². The topological polar surface area (TPSA) is 17.8 Å². The molecule has 0 saturated heterocycles. The Bertz CT molecular complexity index is 438. The van der Waals surface area contributed by atoms with E-state index < -0.39 is 0 Å². The van der Waals surface area contributed by atoms with Gasteiger partial charge in [-0.05, 0) is 37.1 Å². The van der Waals surface area contributed by atoms with Gasteiger partial charge in [0.2, 0.25) is 0 Å². The molecule has 1 aromatic heterocycles. The van der Waals surface area contributed by atoms with E-state index in [2.05, 4.69) is 35.9 Å². The second-order valence-corrected chi connectivity index (χ2v) is 3.75. The van der Waals surface area contributed by atoms with Crippen LogP contribution in [0.25, 0.3) is 5.69 Å². The molecule has 76 valence electrons. The molecule has 0 unspecified atom stereocenters. The van der Waals surface area contributed by atoms with Gasteiger partial charge in [0.15, 0.2) is 0 Å². The highest BCUT2D eigenvalue weighted by Crippen LogP contribution is 2.11. The molecule has 15 heavy (non-hydrogen) atoms. The van der Waals surface area contributed by atoms with E-state index in [1.54, 1.807) is 6.20 Å². The van der Waals surface area contributed by atoms with E-state index in [4.69, 9.17) is 0 Å². The van der Waals surface area contributed by atoms with E-state index in [9.17, 15) is 0 Å². The summed E-state index contributed by atoms with van der Waals surface area (Å²) < 4.78 is 1.85. The van der Waals surface area contributed by atoms with Crippen LogP contribution in [0, 0.1) is 0 Å². The summed E-state index contributed by atoms with van der Waals surface area (Å²) in [4.78, 5) is 0. The fraction of sp³-hybridized carbons (Fsp3) is 0.154. The molecule has 2 nitrogen and oxygen atoms in total. The van der Waals surface area contributed by atoms with E-state index in [0.717, 1.165) is 12.1 Å². The van der Waals surface area contributed by atoms with Gasteiger partial charge >= 0.3 is 0 Å². The van der Waals surface area contributed by atoms with Gasteiger partial charge in [-0.25, -0.2) is 4.68 Å². The first kappa shape index (κ1) is 9.71. The molecule has 0 N–H and O–H groups in total. The fourth-order valence-electron chi connectivity index (χ4n) is 1.54. The molecule has 1 heterocycles. The maximum atomic E-state index is 4.18. The highest BCUT2D eigenvalue weighted by molar-refractivity contribution is 5.34. The van der Waals surface area contributed by atoms with Crippen molar-refractivity contribution in [2.45, 2.75) is 13.3 Å². The van der Waals surface area contributed by atoms with E-state index >= 15 is 0 Å². The first-order chi connectivity index (χ1) is 7.25. The van der Waals surface area contributed by atoms with Crippen LogP contribution < -0.4 is 0 Å². The normalized spacial score (nSPS) is 10.2. The third-order valence-corrected chi connectivity index (χ3v) is 2.21.